The van der Waals surface area contributed by atoms with E-state index in [1.54, 1.807) is 12.5 Å². The average molecular weight is 288 g/mol. The summed E-state index contributed by atoms with van der Waals surface area (Å²) in [5.74, 6) is 0. The zero-order valence-electron chi connectivity index (χ0n) is 11.2. The summed E-state index contributed by atoms with van der Waals surface area (Å²) in [4.78, 5) is 8.80. The molecule has 3 rings (SSSR count). The number of nitrogens with zero attached hydrogens (tertiary/aromatic N) is 3. The number of nitrogens with one attached hydrogen (secondary N) is 1. The summed E-state index contributed by atoms with van der Waals surface area (Å²) in [7, 11) is 0. The Bertz CT molecular complexity index is 678. The van der Waals surface area contributed by atoms with Crippen LogP contribution in [0.5, 0.6) is 0 Å². The molecule has 5 nitrogen and oxygen atoms in total. The summed E-state index contributed by atoms with van der Waals surface area (Å²) in [6, 6.07) is 6.01. The fraction of sp³-hybridized carbons (Fsp3) is 0.286. The Balaban J connectivity index is 1.94. The number of hydrogen-bond donors (Lipinski definition) is 1. The number of rotatable bonds is 6. The van der Waals surface area contributed by atoms with Crippen molar-refractivity contribution in [3.05, 3.63) is 42.5 Å². The summed E-state index contributed by atoms with van der Waals surface area (Å²) in [6.07, 6.45) is 6.37. The Morgan fingerprint density at radius 1 is 1.40 bits per heavy atom. The van der Waals surface area contributed by atoms with Crippen molar-refractivity contribution in [3.8, 4) is 0 Å². The first-order valence-electron chi connectivity index (χ1n) is 6.62. The second kappa shape index (κ2) is 6.11. The lowest BCUT2D eigenvalue weighted by Crippen LogP contribution is -2.15. The van der Waals surface area contributed by atoms with Gasteiger partial charge >= 0.3 is 0 Å². The Hall–Kier alpha value is -1.79. The normalized spacial score (nSPS) is 11.2. The molecule has 0 atom stereocenters. The molecule has 20 heavy (non-hydrogen) atoms. The summed E-state index contributed by atoms with van der Waals surface area (Å²) < 4.78 is 7.40. The minimum Gasteiger partial charge on any atom is -0.440 e. The highest BCUT2D eigenvalue weighted by molar-refractivity contribution is 7.99. The van der Waals surface area contributed by atoms with Crippen LogP contribution in [0.3, 0.4) is 0 Å². The molecule has 0 amide bonds. The minimum atomic E-state index is 0.616. The molecule has 0 aliphatic carbocycles. The van der Waals surface area contributed by atoms with Crippen molar-refractivity contribution >= 4 is 17.4 Å². The van der Waals surface area contributed by atoms with Gasteiger partial charge in [-0.1, -0.05) is 13.0 Å². The van der Waals surface area contributed by atoms with Gasteiger partial charge in [-0.15, -0.1) is 0 Å². The molecule has 0 aliphatic heterocycles. The van der Waals surface area contributed by atoms with E-state index >= 15 is 0 Å². The van der Waals surface area contributed by atoms with Crippen LogP contribution in [0.1, 0.15) is 19.0 Å². The van der Waals surface area contributed by atoms with Crippen molar-refractivity contribution in [1.82, 2.24) is 19.7 Å². The average Bonchev–Trinajstić information content (AvgIpc) is 3.08. The first kappa shape index (κ1) is 13.2. The van der Waals surface area contributed by atoms with Gasteiger partial charge in [-0.3, -0.25) is 0 Å². The third-order valence-electron chi connectivity index (χ3n) is 2.90. The maximum Gasteiger partial charge on any atom is 0.262 e. The monoisotopic (exact) mass is 288 g/mol. The second-order valence-corrected chi connectivity index (χ2v) is 5.31. The van der Waals surface area contributed by atoms with Crippen LogP contribution >= 0.6 is 11.8 Å². The smallest absolute Gasteiger partial charge is 0.262 e. The quantitative estimate of drug-likeness (QED) is 0.707. The Kier molecular flexibility index (Phi) is 4.03. The lowest BCUT2D eigenvalue weighted by molar-refractivity contribution is 0.454. The third-order valence-corrected chi connectivity index (χ3v) is 3.80. The molecule has 0 saturated carbocycles. The van der Waals surface area contributed by atoms with Gasteiger partial charge in [-0.25, -0.2) is 9.97 Å². The van der Waals surface area contributed by atoms with Crippen molar-refractivity contribution in [1.29, 1.82) is 0 Å². The van der Waals surface area contributed by atoms with Crippen molar-refractivity contribution in [2.75, 3.05) is 6.54 Å². The molecule has 6 heteroatoms. The molecule has 0 aliphatic rings. The fourth-order valence-electron chi connectivity index (χ4n) is 1.99. The molecule has 1 N–H and O–H groups in total. The Morgan fingerprint density at radius 3 is 3.15 bits per heavy atom. The lowest BCUT2D eigenvalue weighted by Gasteiger charge is -2.05. The van der Waals surface area contributed by atoms with Crippen LogP contribution in [0.15, 0.2) is 51.5 Å². The molecule has 0 unspecified atom stereocenters. The molecule has 0 spiro atoms. The van der Waals surface area contributed by atoms with E-state index in [-0.39, 0.29) is 0 Å². The van der Waals surface area contributed by atoms with Gasteiger partial charge in [0.2, 0.25) is 0 Å². The van der Waals surface area contributed by atoms with E-state index in [1.165, 1.54) is 11.8 Å². The van der Waals surface area contributed by atoms with E-state index < -0.39 is 0 Å². The Labute approximate surface area is 121 Å². The van der Waals surface area contributed by atoms with E-state index in [0.29, 0.717) is 5.22 Å². The molecule has 0 aromatic carbocycles. The molecule has 3 aromatic heterocycles. The van der Waals surface area contributed by atoms with E-state index in [0.717, 1.165) is 35.9 Å². The predicted octanol–water partition coefficient (Wildman–Crippen LogP) is 2.97. The van der Waals surface area contributed by atoms with Gasteiger partial charge in [0, 0.05) is 12.7 Å². The maximum absolute atomic E-state index is 5.30. The van der Waals surface area contributed by atoms with Gasteiger partial charge in [0.15, 0.2) is 0 Å². The number of hydrogen-bond acceptors (Lipinski definition) is 5. The van der Waals surface area contributed by atoms with Gasteiger partial charge in [0.1, 0.15) is 16.9 Å². The van der Waals surface area contributed by atoms with E-state index in [9.17, 15) is 0 Å². The zero-order valence-corrected chi connectivity index (χ0v) is 12.1. The molecule has 0 radical (unpaired) electrons. The number of aromatic nitrogens is 3. The number of imidazole rings is 1. The van der Waals surface area contributed by atoms with Crippen LogP contribution in [-0.4, -0.2) is 20.9 Å². The van der Waals surface area contributed by atoms with Crippen molar-refractivity contribution in [2.24, 2.45) is 0 Å². The first-order valence-corrected chi connectivity index (χ1v) is 7.44. The van der Waals surface area contributed by atoms with Crippen molar-refractivity contribution < 1.29 is 4.42 Å². The summed E-state index contributed by atoms with van der Waals surface area (Å²) in [5.41, 5.74) is 2.08. The molecule has 104 valence electrons. The number of oxazole rings is 1. The van der Waals surface area contributed by atoms with E-state index in [4.69, 9.17) is 4.42 Å². The molecule has 0 saturated heterocycles. The zero-order chi connectivity index (χ0) is 13.8. The molecule has 0 bridgehead atoms. The van der Waals surface area contributed by atoms with E-state index in [1.807, 2.05) is 24.4 Å². The number of pyridine rings is 1. The summed E-state index contributed by atoms with van der Waals surface area (Å²) in [5, 5.41) is 4.97. The summed E-state index contributed by atoms with van der Waals surface area (Å²) >= 11 is 1.45. The van der Waals surface area contributed by atoms with Crippen LogP contribution in [0.2, 0.25) is 0 Å². The van der Waals surface area contributed by atoms with Crippen LogP contribution in [0.25, 0.3) is 5.65 Å². The van der Waals surface area contributed by atoms with Crippen LogP contribution in [0.4, 0.5) is 0 Å². The van der Waals surface area contributed by atoms with Gasteiger partial charge in [0.05, 0.1) is 11.9 Å². The summed E-state index contributed by atoms with van der Waals surface area (Å²) in [6.45, 7) is 3.93. The SMILES string of the molecule is CCCNCc1c(Sc2ncco2)nc2ccccn12. The highest BCUT2D eigenvalue weighted by Crippen LogP contribution is 2.29. The van der Waals surface area contributed by atoms with Crippen LogP contribution in [0, 0.1) is 0 Å². The predicted molar refractivity (Wildman–Crippen MR) is 77.8 cm³/mol. The minimum absolute atomic E-state index is 0.616. The van der Waals surface area contributed by atoms with Crippen LogP contribution in [-0.2, 0) is 6.54 Å². The van der Waals surface area contributed by atoms with Gasteiger partial charge in [-0.2, -0.15) is 0 Å². The first-order chi connectivity index (χ1) is 9.88. The topological polar surface area (TPSA) is 55.4 Å². The molecular formula is C14H16N4OS. The van der Waals surface area contributed by atoms with Crippen LogP contribution < -0.4 is 5.32 Å². The van der Waals surface area contributed by atoms with Crippen molar-refractivity contribution in [3.63, 3.8) is 0 Å². The molecule has 3 heterocycles. The fourth-order valence-corrected chi connectivity index (χ4v) is 2.80. The second-order valence-electron chi connectivity index (χ2n) is 4.37. The third kappa shape index (κ3) is 2.71. The highest BCUT2D eigenvalue weighted by atomic mass is 32.2. The lowest BCUT2D eigenvalue weighted by atomic mass is 10.4. The van der Waals surface area contributed by atoms with Gasteiger partial charge in [0.25, 0.3) is 5.22 Å². The maximum atomic E-state index is 5.30. The standard InChI is InChI=1S/C14H16N4OS/c1-2-6-15-10-11-13(20-14-16-7-9-19-14)17-12-5-3-4-8-18(11)12/h3-5,7-9,15H,2,6,10H2,1H3. The van der Waals surface area contributed by atoms with Crippen molar-refractivity contribution in [2.45, 2.75) is 30.1 Å². The van der Waals surface area contributed by atoms with E-state index in [2.05, 4.69) is 26.6 Å². The molecular weight excluding hydrogens is 272 g/mol. The number of fused-ring (bicyclic) bond motifs is 1. The molecule has 0 fully saturated rings. The largest absolute Gasteiger partial charge is 0.440 e. The molecule has 3 aromatic rings. The Morgan fingerprint density at radius 2 is 2.35 bits per heavy atom. The highest BCUT2D eigenvalue weighted by Gasteiger charge is 2.14. The van der Waals surface area contributed by atoms with Gasteiger partial charge < -0.3 is 14.1 Å². The van der Waals surface area contributed by atoms with Gasteiger partial charge in [-0.05, 0) is 36.9 Å².